The van der Waals surface area contributed by atoms with E-state index >= 15 is 0 Å². The van der Waals surface area contributed by atoms with E-state index in [4.69, 9.17) is 0 Å². The molecule has 4 nitrogen and oxygen atoms in total. The van der Waals surface area contributed by atoms with Gasteiger partial charge < -0.3 is 9.90 Å². The van der Waals surface area contributed by atoms with Gasteiger partial charge in [0.05, 0.1) is 6.10 Å². The number of carbonyl (C=O) groups is 2. The van der Waals surface area contributed by atoms with E-state index in [1.807, 2.05) is 24.3 Å². The van der Waals surface area contributed by atoms with Gasteiger partial charge in [0, 0.05) is 38.0 Å². The Hall–Kier alpha value is -2.30. The number of β-amino-alcohol motifs (C(OH)–C–C–N with tert-alkyl or cyclic N) is 1. The van der Waals surface area contributed by atoms with Gasteiger partial charge in [-0.15, -0.1) is 0 Å². The van der Waals surface area contributed by atoms with Gasteiger partial charge in [-0.25, -0.2) is 0 Å². The molecule has 0 bridgehead atoms. The third kappa shape index (κ3) is 6.62. The van der Waals surface area contributed by atoms with Crippen LogP contribution in [-0.4, -0.2) is 40.8 Å². The van der Waals surface area contributed by atoms with Crippen LogP contribution in [0.5, 0.6) is 0 Å². The molecule has 3 rings (SSSR count). The highest BCUT2D eigenvalue weighted by atomic mass is 16.3. The van der Waals surface area contributed by atoms with Gasteiger partial charge in [0.15, 0.2) is 5.78 Å². The number of rotatable bonds is 10. The predicted octanol–water partition coefficient (Wildman–Crippen LogP) is 3.98. The van der Waals surface area contributed by atoms with Crippen LogP contribution >= 0.6 is 0 Å². The van der Waals surface area contributed by atoms with Crippen molar-refractivity contribution >= 4 is 11.6 Å². The minimum absolute atomic E-state index is 0.0708. The molecular formula is C25H31NO3. The van der Waals surface area contributed by atoms with E-state index in [9.17, 15) is 14.7 Å². The highest BCUT2D eigenvalue weighted by Crippen LogP contribution is 2.19. The lowest BCUT2D eigenvalue weighted by Gasteiger charge is -2.30. The van der Waals surface area contributed by atoms with Crippen LogP contribution < -0.4 is 0 Å². The molecular weight excluding hydrogens is 362 g/mol. The smallest absolute Gasteiger partial charge is 0.162 e. The summed E-state index contributed by atoms with van der Waals surface area (Å²) >= 11 is 0. The Morgan fingerprint density at radius 3 is 2.66 bits per heavy atom. The van der Waals surface area contributed by atoms with Crippen LogP contribution in [-0.2, 0) is 24.2 Å². The fourth-order valence-electron chi connectivity index (χ4n) is 3.98. The van der Waals surface area contributed by atoms with Crippen LogP contribution in [0.1, 0.15) is 59.7 Å². The van der Waals surface area contributed by atoms with Crippen molar-refractivity contribution in [1.82, 2.24) is 4.90 Å². The second-order valence-corrected chi connectivity index (χ2v) is 8.13. The predicted molar refractivity (Wildman–Crippen MR) is 115 cm³/mol. The van der Waals surface area contributed by atoms with E-state index in [0.29, 0.717) is 31.4 Å². The molecule has 1 heterocycles. The van der Waals surface area contributed by atoms with Crippen LogP contribution in [0.25, 0.3) is 0 Å². The lowest BCUT2D eigenvalue weighted by molar-refractivity contribution is -0.117. The third-order valence-corrected chi connectivity index (χ3v) is 5.63. The molecule has 1 unspecified atom stereocenters. The van der Waals surface area contributed by atoms with E-state index in [0.717, 1.165) is 37.9 Å². The second kappa shape index (κ2) is 10.5. The maximum atomic E-state index is 12.6. The molecule has 29 heavy (non-hydrogen) atoms. The van der Waals surface area contributed by atoms with Crippen molar-refractivity contribution in [1.29, 1.82) is 0 Å². The van der Waals surface area contributed by atoms with Crippen molar-refractivity contribution in [2.75, 3.05) is 13.1 Å². The molecule has 0 aromatic heterocycles. The van der Waals surface area contributed by atoms with Crippen LogP contribution in [0, 0.1) is 0 Å². The molecule has 0 aliphatic carbocycles. The molecule has 0 amide bonds. The SMILES string of the molecule is CC(=O)CCCc1cccc(C(=O)CCC(O)CN2CCc3ccccc3C2)c1. The van der Waals surface area contributed by atoms with Gasteiger partial charge in [0.2, 0.25) is 0 Å². The Labute approximate surface area is 173 Å². The van der Waals surface area contributed by atoms with E-state index < -0.39 is 6.10 Å². The summed E-state index contributed by atoms with van der Waals surface area (Å²) in [6.45, 7) is 4.02. The fourth-order valence-corrected chi connectivity index (χ4v) is 3.98. The number of hydrogen-bond donors (Lipinski definition) is 1. The Balaban J connectivity index is 1.45. The number of aryl methyl sites for hydroxylation is 1. The molecule has 2 aromatic carbocycles. The molecule has 1 aliphatic heterocycles. The topological polar surface area (TPSA) is 57.6 Å². The number of Topliss-reactive ketones (excluding diaryl/α,β-unsaturated/α-hetero) is 2. The van der Waals surface area contributed by atoms with E-state index in [2.05, 4.69) is 29.2 Å². The molecule has 2 aromatic rings. The number of benzene rings is 2. The molecule has 0 spiro atoms. The number of nitrogens with zero attached hydrogens (tertiary/aromatic N) is 1. The first-order valence-electron chi connectivity index (χ1n) is 10.6. The summed E-state index contributed by atoms with van der Waals surface area (Å²) in [5.41, 5.74) is 4.52. The molecule has 0 radical (unpaired) electrons. The minimum atomic E-state index is -0.497. The normalized spacial score (nSPS) is 15.0. The Morgan fingerprint density at radius 2 is 1.86 bits per heavy atom. The largest absolute Gasteiger partial charge is 0.392 e. The number of aliphatic hydroxyl groups excluding tert-OH is 1. The van der Waals surface area contributed by atoms with Crippen molar-refractivity contribution in [3.63, 3.8) is 0 Å². The molecule has 4 heteroatoms. The van der Waals surface area contributed by atoms with Gasteiger partial charge in [-0.2, -0.15) is 0 Å². The Morgan fingerprint density at radius 1 is 1.07 bits per heavy atom. The first-order chi connectivity index (χ1) is 14.0. The summed E-state index contributed by atoms with van der Waals surface area (Å²) in [6, 6.07) is 16.1. The maximum Gasteiger partial charge on any atom is 0.162 e. The van der Waals surface area contributed by atoms with Crippen molar-refractivity contribution in [3.05, 3.63) is 70.8 Å². The van der Waals surface area contributed by atoms with E-state index in [1.165, 1.54) is 11.1 Å². The Bertz CT molecular complexity index is 845. The molecule has 1 aliphatic rings. The summed E-state index contributed by atoms with van der Waals surface area (Å²) < 4.78 is 0. The number of hydrogen-bond acceptors (Lipinski definition) is 4. The highest BCUT2D eigenvalue weighted by Gasteiger charge is 2.19. The zero-order valence-corrected chi connectivity index (χ0v) is 17.3. The van der Waals surface area contributed by atoms with Gasteiger partial charge in [-0.3, -0.25) is 9.69 Å². The standard InChI is InChI=1S/C25H31NO3/c1-19(27)6-4-7-20-8-5-11-22(16-20)25(29)13-12-24(28)18-26-15-14-21-9-2-3-10-23(21)17-26/h2-3,5,8-11,16,24,28H,4,6-7,12-15,17-18H2,1H3. The Kier molecular flexibility index (Phi) is 7.73. The summed E-state index contributed by atoms with van der Waals surface area (Å²) in [5, 5.41) is 10.4. The maximum absolute atomic E-state index is 12.6. The molecule has 154 valence electrons. The van der Waals surface area contributed by atoms with Crippen LogP contribution in [0.3, 0.4) is 0 Å². The van der Waals surface area contributed by atoms with Gasteiger partial charge in [0.1, 0.15) is 5.78 Å². The van der Waals surface area contributed by atoms with Crippen molar-refractivity contribution in [3.8, 4) is 0 Å². The minimum Gasteiger partial charge on any atom is -0.392 e. The van der Waals surface area contributed by atoms with Crippen molar-refractivity contribution in [2.45, 2.75) is 58.1 Å². The monoisotopic (exact) mass is 393 g/mol. The molecule has 0 fully saturated rings. The zero-order valence-electron chi connectivity index (χ0n) is 17.3. The van der Waals surface area contributed by atoms with E-state index in [-0.39, 0.29) is 11.6 Å². The van der Waals surface area contributed by atoms with Crippen molar-refractivity contribution < 1.29 is 14.7 Å². The number of ketones is 2. The first-order valence-corrected chi connectivity index (χ1v) is 10.6. The van der Waals surface area contributed by atoms with Crippen LogP contribution in [0.15, 0.2) is 48.5 Å². The average molecular weight is 394 g/mol. The van der Waals surface area contributed by atoms with Gasteiger partial charge in [0.25, 0.3) is 0 Å². The quantitative estimate of drug-likeness (QED) is 0.621. The summed E-state index contributed by atoms with van der Waals surface area (Å²) in [4.78, 5) is 25.9. The fraction of sp³-hybridized carbons (Fsp3) is 0.440. The lowest BCUT2D eigenvalue weighted by atomic mass is 9.98. The number of fused-ring (bicyclic) bond motifs is 1. The molecule has 0 saturated carbocycles. The third-order valence-electron chi connectivity index (χ3n) is 5.63. The molecule has 1 atom stereocenters. The molecule has 0 saturated heterocycles. The van der Waals surface area contributed by atoms with E-state index in [1.54, 1.807) is 6.92 Å². The summed E-state index contributed by atoms with van der Waals surface area (Å²) in [6.07, 6.45) is 3.53. The lowest BCUT2D eigenvalue weighted by Crippen LogP contribution is -2.36. The number of aliphatic hydroxyl groups is 1. The summed E-state index contributed by atoms with van der Waals surface area (Å²) in [7, 11) is 0. The van der Waals surface area contributed by atoms with Crippen LogP contribution in [0.4, 0.5) is 0 Å². The average Bonchev–Trinajstić information content (AvgIpc) is 2.72. The van der Waals surface area contributed by atoms with Gasteiger partial charge in [-0.1, -0.05) is 42.5 Å². The zero-order chi connectivity index (χ0) is 20.6. The summed E-state index contributed by atoms with van der Waals surface area (Å²) in [5.74, 6) is 0.268. The van der Waals surface area contributed by atoms with Crippen molar-refractivity contribution in [2.24, 2.45) is 0 Å². The molecule has 1 N–H and O–H groups in total. The second-order valence-electron chi connectivity index (χ2n) is 8.13. The van der Waals surface area contributed by atoms with Crippen LogP contribution in [0.2, 0.25) is 0 Å². The van der Waals surface area contributed by atoms with Gasteiger partial charge >= 0.3 is 0 Å². The number of carbonyl (C=O) groups excluding carboxylic acids is 2. The highest BCUT2D eigenvalue weighted by molar-refractivity contribution is 5.96. The first kappa shape index (κ1) is 21.4. The van der Waals surface area contributed by atoms with Gasteiger partial charge in [-0.05, 0) is 55.4 Å².